The van der Waals surface area contributed by atoms with Crippen LogP contribution < -0.4 is 5.69 Å². The van der Waals surface area contributed by atoms with E-state index in [1.165, 1.54) is 9.20 Å². The third-order valence-corrected chi connectivity index (χ3v) is 6.03. The number of benzene rings is 2. The van der Waals surface area contributed by atoms with Crippen LogP contribution in [-0.4, -0.2) is 34.2 Å². The van der Waals surface area contributed by atoms with Crippen LogP contribution in [0.4, 0.5) is 0 Å². The summed E-state index contributed by atoms with van der Waals surface area (Å²) in [5, 5.41) is 14.0. The van der Waals surface area contributed by atoms with E-state index in [2.05, 4.69) is 15.2 Å². The zero-order valence-electron chi connectivity index (χ0n) is 18.4. The fourth-order valence-corrected chi connectivity index (χ4v) is 4.19. The van der Waals surface area contributed by atoms with Gasteiger partial charge in [-0.15, -0.1) is 5.10 Å². The molecule has 0 saturated carbocycles. The quantitative estimate of drug-likeness (QED) is 0.363. The highest BCUT2D eigenvalue weighted by atomic mass is 35.5. The highest BCUT2D eigenvalue weighted by molar-refractivity contribution is 6.30. The van der Waals surface area contributed by atoms with Crippen LogP contribution in [0.2, 0.25) is 5.02 Å². The van der Waals surface area contributed by atoms with Crippen LogP contribution in [0.3, 0.4) is 0 Å². The molecule has 0 aliphatic heterocycles. The van der Waals surface area contributed by atoms with Crippen LogP contribution in [0, 0.1) is 0 Å². The van der Waals surface area contributed by atoms with Gasteiger partial charge in [0.25, 0.3) is 0 Å². The second-order valence-corrected chi connectivity index (χ2v) is 8.41. The first-order valence-corrected chi connectivity index (χ1v) is 11.3. The Balaban J connectivity index is 1.46. The lowest BCUT2D eigenvalue weighted by molar-refractivity contribution is 0.650. The van der Waals surface area contributed by atoms with E-state index in [0.29, 0.717) is 17.2 Å². The summed E-state index contributed by atoms with van der Waals surface area (Å²) in [5.41, 5.74) is 5.50. The molecule has 0 atom stereocenters. The number of rotatable bonds is 5. The predicted octanol–water partition coefficient (Wildman–Crippen LogP) is 4.51. The molecule has 6 rings (SSSR count). The Morgan fingerprint density at radius 1 is 0.829 bits per heavy atom. The first kappa shape index (κ1) is 21.0. The van der Waals surface area contributed by atoms with E-state index < -0.39 is 0 Å². The van der Waals surface area contributed by atoms with Crippen LogP contribution in [0.15, 0.2) is 103 Å². The minimum absolute atomic E-state index is 0.311. The molecule has 35 heavy (non-hydrogen) atoms. The molecule has 0 unspecified atom stereocenters. The van der Waals surface area contributed by atoms with Crippen molar-refractivity contribution in [3.8, 4) is 27.9 Å². The average Bonchev–Trinajstić information content (AvgIpc) is 3.54. The molecule has 0 aliphatic carbocycles. The second kappa shape index (κ2) is 8.66. The number of pyridine rings is 1. The zero-order valence-corrected chi connectivity index (χ0v) is 19.1. The van der Waals surface area contributed by atoms with Crippen LogP contribution in [0.1, 0.15) is 5.56 Å². The first-order valence-electron chi connectivity index (χ1n) is 10.9. The Kier molecular flexibility index (Phi) is 5.20. The molecule has 0 saturated heterocycles. The standard InChI is InChI=1S/C26H18ClN7O/c27-21-6-4-19(5-7-21)23-16-30-34-25(24(23)20-10-13-28-14-11-20)31-33(26(34)35)17-18-2-8-22(9-3-18)32-15-1-12-29-32/h1-16H,17H2. The van der Waals surface area contributed by atoms with Gasteiger partial charge in [0.2, 0.25) is 0 Å². The lowest BCUT2D eigenvalue weighted by Gasteiger charge is -2.10. The largest absolute Gasteiger partial charge is 0.367 e. The van der Waals surface area contributed by atoms with Crippen LogP contribution in [0.5, 0.6) is 0 Å². The van der Waals surface area contributed by atoms with E-state index in [-0.39, 0.29) is 5.69 Å². The summed E-state index contributed by atoms with van der Waals surface area (Å²) < 4.78 is 4.55. The van der Waals surface area contributed by atoms with Gasteiger partial charge in [-0.2, -0.15) is 14.7 Å². The average molecular weight is 480 g/mol. The molecule has 0 N–H and O–H groups in total. The summed E-state index contributed by atoms with van der Waals surface area (Å²) in [6.45, 7) is 0.313. The summed E-state index contributed by atoms with van der Waals surface area (Å²) >= 11 is 6.10. The fourth-order valence-electron chi connectivity index (χ4n) is 4.06. The topological polar surface area (TPSA) is 82.9 Å². The van der Waals surface area contributed by atoms with Gasteiger partial charge in [0.1, 0.15) is 0 Å². The number of hydrogen-bond donors (Lipinski definition) is 0. The number of fused-ring (bicyclic) bond motifs is 1. The number of aromatic nitrogens is 7. The Labute approximate surface area is 204 Å². The zero-order chi connectivity index (χ0) is 23.8. The Morgan fingerprint density at radius 3 is 2.31 bits per heavy atom. The van der Waals surface area contributed by atoms with Gasteiger partial charge in [0, 0.05) is 40.9 Å². The van der Waals surface area contributed by atoms with Gasteiger partial charge in [-0.05, 0) is 59.2 Å². The molecule has 2 aromatic carbocycles. The van der Waals surface area contributed by atoms with Crippen molar-refractivity contribution in [3.05, 3.63) is 119 Å². The second-order valence-electron chi connectivity index (χ2n) is 7.97. The van der Waals surface area contributed by atoms with Gasteiger partial charge in [-0.25, -0.2) is 14.2 Å². The lowest BCUT2D eigenvalue weighted by atomic mass is 9.98. The molecule has 0 amide bonds. The monoisotopic (exact) mass is 479 g/mol. The molecule has 9 heteroatoms. The van der Waals surface area contributed by atoms with Gasteiger partial charge in [0.05, 0.1) is 18.4 Å². The smallest absolute Gasteiger partial charge is 0.265 e. The predicted molar refractivity (Wildman–Crippen MR) is 134 cm³/mol. The van der Waals surface area contributed by atoms with E-state index in [0.717, 1.165) is 33.5 Å². The van der Waals surface area contributed by atoms with Gasteiger partial charge >= 0.3 is 5.69 Å². The SMILES string of the molecule is O=c1n(Cc2ccc(-n3cccn3)cc2)nc2c(-c3ccncc3)c(-c3ccc(Cl)cc3)cnn12. The van der Waals surface area contributed by atoms with E-state index in [1.54, 1.807) is 29.5 Å². The molecule has 0 bridgehead atoms. The van der Waals surface area contributed by atoms with E-state index in [9.17, 15) is 4.79 Å². The van der Waals surface area contributed by atoms with Crippen molar-refractivity contribution in [2.45, 2.75) is 6.54 Å². The molecule has 0 aliphatic rings. The van der Waals surface area contributed by atoms with Crippen molar-refractivity contribution in [2.75, 3.05) is 0 Å². The van der Waals surface area contributed by atoms with Crippen molar-refractivity contribution in [1.82, 2.24) is 34.2 Å². The summed E-state index contributed by atoms with van der Waals surface area (Å²) in [6, 6.07) is 21.0. The Morgan fingerprint density at radius 2 is 1.60 bits per heavy atom. The first-order chi connectivity index (χ1) is 17.2. The van der Waals surface area contributed by atoms with Crippen molar-refractivity contribution in [1.29, 1.82) is 0 Å². The molecule has 8 nitrogen and oxygen atoms in total. The van der Waals surface area contributed by atoms with Gasteiger partial charge in [-0.3, -0.25) is 4.98 Å². The number of halogens is 1. The van der Waals surface area contributed by atoms with E-state index in [1.807, 2.05) is 72.9 Å². The minimum Gasteiger partial charge on any atom is -0.265 e. The Bertz CT molecular complexity index is 1670. The minimum atomic E-state index is -0.311. The summed E-state index contributed by atoms with van der Waals surface area (Å²) in [6.07, 6.45) is 8.74. The molecule has 4 aromatic heterocycles. The summed E-state index contributed by atoms with van der Waals surface area (Å²) in [4.78, 5) is 17.4. The Hall–Kier alpha value is -4.56. The maximum absolute atomic E-state index is 13.2. The molecule has 4 heterocycles. The number of hydrogen-bond acceptors (Lipinski definition) is 5. The third kappa shape index (κ3) is 3.89. The van der Waals surface area contributed by atoms with E-state index >= 15 is 0 Å². The fraction of sp³-hybridized carbons (Fsp3) is 0.0385. The molecular formula is C26H18ClN7O. The lowest BCUT2D eigenvalue weighted by Crippen LogP contribution is -2.23. The molecular weight excluding hydrogens is 462 g/mol. The van der Waals surface area contributed by atoms with Crippen molar-refractivity contribution < 1.29 is 0 Å². The van der Waals surface area contributed by atoms with Crippen molar-refractivity contribution in [3.63, 3.8) is 0 Å². The van der Waals surface area contributed by atoms with Crippen molar-refractivity contribution in [2.24, 2.45) is 0 Å². The van der Waals surface area contributed by atoms with Gasteiger partial charge < -0.3 is 0 Å². The maximum atomic E-state index is 13.2. The molecule has 0 fully saturated rings. The highest BCUT2D eigenvalue weighted by Gasteiger charge is 2.19. The van der Waals surface area contributed by atoms with E-state index in [4.69, 9.17) is 16.7 Å². The molecule has 6 aromatic rings. The number of nitrogens with zero attached hydrogens (tertiary/aromatic N) is 7. The summed E-state index contributed by atoms with van der Waals surface area (Å²) in [5.74, 6) is 0. The molecule has 0 radical (unpaired) electrons. The van der Waals surface area contributed by atoms with Gasteiger partial charge in [-0.1, -0.05) is 35.9 Å². The summed E-state index contributed by atoms with van der Waals surface area (Å²) in [7, 11) is 0. The normalized spacial score (nSPS) is 11.2. The van der Waals surface area contributed by atoms with Gasteiger partial charge in [0.15, 0.2) is 5.65 Å². The molecule has 170 valence electrons. The van der Waals surface area contributed by atoms with Crippen molar-refractivity contribution >= 4 is 17.2 Å². The van der Waals surface area contributed by atoms with Crippen LogP contribution in [0.25, 0.3) is 33.6 Å². The maximum Gasteiger partial charge on any atom is 0.367 e. The third-order valence-electron chi connectivity index (χ3n) is 5.78. The molecule has 0 spiro atoms. The van der Waals surface area contributed by atoms with Crippen LogP contribution >= 0.6 is 11.6 Å². The highest BCUT2D eigenvalue weighted by Crippen LogP contribution is 2.34. The van der Waals surface area contributed by atoms with Crippen LogP contribution in [-0.2, 0) is 6.54 Å².